The highest BCUT2D eigenvalue weighted by molar-refractivity contribution is 5.93. The lowest BCUT2D eigenvalue weighted by Gasteiger charge is -2.22. The molecule has 6 nitrogen and oxygen atoms in total. The van der Waals surface area contributed by atoms with E-state index in [9.17, 15) is 4.79 Å². The van der Waals surface area contributed by atoms with E-state index in [-0.39, 0.29) is 11.9 Å². The van der Waals surface area contributed by atoms with Crippen LogP contribution in [0.15, 0.2) is 60.7 Å². The first kappa shape index (κ1) is 17.8. The summed E-state index contributed by atoms with van der Waals surface area (Å²) in [5, 5.41) is 11.9. The minimum absolute atomic E-state index is 0.125. The zero-order valence-corrected chi connectivity index (χ0v) is 15.3. The molecular formula is C20H23N5O. The van der Waals surface area contributed by atoms with Crippen molar-refractivity contribution >= 4 is 5.91 Å². The minimum Gasteiger partial charge on any atom is -0.342 e. The molecule has 0 aliphatic heterocycles. The molecule has 0 radical (unpaired) electrons. The molecule has 0 saturated heterocycles. The molecule has 1 unspecified atom stereocenters. The maximum Gasteiger partial charge on any atom is 0.274 e. The van der Waals surface area contributed by atoms with Crippen LogP contribution in [-0.4, -0.2) is 46.4 Å². The Balaban J connectivity index is 1.83. The number of para-hydroxylation sites is 1. The van der Waals surface area contributed by atoms with Crippen molar-refractivity contribution in [1.29, 1.82) is 0 Å². The summed E-state index contributed by atoms with van der Waals surface area (Å²) in [6.07, 6.45) is 0. The number of nitrogens with one attached hydrogen (secondary N) is 1. The minimum atomic E-state index is -0.222. The topological polar surface area (TPSA) is 63.1 Å². The average molecular weight is 349 g/mol. The molecule has 26 heavy (non-hydrogen) atoms. The van der Waals surface area contributed by atoms with Gasteiger partial charge in [-0.05, 0) is 38.7 Å². The van der Waals surface area contributed by atoms with E-state index >= 15 is 0 Å². The van der Waals surface area contributed by atoms with Gasteiger partial charge in [-0.3, -0.25) is 4.79 Å². The van der Waals surface area contributed by atoms with Gasteiger partial charge in [0.15, 0.2) is 5.69 Å². The lowest BCUT2D eigenvalue weighted by Crippen LogP contribution is -2.35. The van der Waals surface area contributed by atoms with Gasteiger partial charge in [0.05, 0.1) is 17.4 Å². The maximum absolute atomic E-state index is 12.8. The van der Waals surface area contributed by atoms with E-state index in [1.54, 1.807) is 6.92 Å². The van der Waals surface area contributed by atoms with Gasteiger partial charge >= 0.3 is 0 Å². The third-order valence-electron chi connectivity index (χ3n) is 4.04. The zero-order valence-electron chi connectivity index (χ0n) is 15.3. The van der Waals surface area contributed by atoms with Crippen molar-refractivity contribution in [1.82, 2.24) is 25.2 Å². The third kappa shape index (κ3) is 4.15. The number of aryl methyl sites for hydroxylation is 1. The molecular weight excluding hydrogens is 326 g/mol. The first-order chi connectivity index (χ1) is 12.5. The molecule has 1 amide bonds. The number of carbonyl (C=O) groups is 1. The van der Waals surface area contributed by atoms with E-state index in [4.69, 9.17) is 0 Å². The Hall–Kier alpha value is -2.99. The summed E-state index contributed by atoms with van der Waals surface area (Å²) in [6, 6.07) is 19.4. The van der Waals surface area contributed by atoms with Gasteiger partial charge in [0.2, 0.25) is 0 Å². The number of likely N-dealkylation sites (N-methyl/N-ethyl adjacent to an activating group) is 1. The van der Waals surface area contributed by atoms with Crippen molar-refractivity contribution in [2.24, 2.45) is 0 Å². The summed E-state index contributed by atoms with van der Waals surface area (Å²) in [4.78, 5) is 16.4. The molecule has 0 fully saturated rings. The molecule has 0 spiro atoms. The Morgan fingerprint density at radius 2 is 1.65 bits per heavy atom. The van der Waals surface area contributed by atoms with E-state index in [1.165, 1.54) is 4.80 Å². The highest BCUT2D eigenvalue weighted by Gasteiger charge is 2.21. The number of carbonyl (C=O) groups excluding carboxylic acids is 1. The maximum atomic E-state index is 12.8. The monoisotopic (exact) mass is 349 g/mol. The number of hydrogen-bond acceptors (Lipinski definition) is 4. The van der Waals surface area contributed by atoms with E-state index < -0.39 is 0 Å². The second-order valence-electron chi connectivity index (χ2n) is 6.46. The van der Waals surface area contributed by atoms with Gasteiger partial charge in [0.1, 0.15) is 0 Å². The highest BCUT2D eigenvalue weighted by atomic mass is 16.2. The molecule has 0 aliphatic carbocycles. The third-order valence-corrected chi connectivity index (χ3v) is 4.04. The van der Waals surface area contributed by atoms with Crippen LogP contribution in [0.5, 0.6) is 0 Å². The standard InChI is InChI=1S/C20H23N5O/c1-15-19(23-25(22-15)17-12-8-5-9-13-17)20(26)21-18(14-24(2)3)16-10-6-4-7-11-16/h4-13,18H,14H2,1-3H3,(H,21,26). The first-order valence-electron chi connectivity index (χ1n) is 8.54. The lowest BCUT2D eigenvalue weighted by molar-refractivity contribution is 0.0924. The number of hydrogen-bond donors (Lipinski definition) is 1. The van der Waals surface area contributed by atoms with Gasteiger partial charge in [-0.15, -0.1) is 5.10 Å². The number of amides is 1. The van der Waals surface area contributed by atoms with Crippen LogP contribution < -0.4 is 5.32 Å². The molecule has 6 heteroatoms. The van der Waals surface area contributed by atoms with Gasteiger partial charge in [-0.2, -0.15) is 9.90 Å². The SMILES string of the molecule is Cc1nn(-c2ccccc2)nc1C(=O)NC(CN(C)C)c1ccccc1. The predicted octanol–water partition coefficient (Wildman–Crippen LogP) is 2.61. The molecule has 1 N–H and O–H groups in total. The molecule has 0 bridgehead atoms. The Labute approximate surface area is 153 Å². The average Bonchev–Trinajstić information content (AvgIpc) is 3.04. The molecule has 3 aromatic rings. The summed E-state index contributed by atoms with van der Waals surface area (Å²) in [5.41, 5.74) is 2.82. The Bertz CT molecular complexity index is 858. The molecule has 134 valence electrons. The lowest BCUT2D eigenvalue weighted by atomic mass is 10.1. The molecule has 3 rings (SSSR count). The van der Waals surface area contributed by atoms with Crippen LogP contribution in [-0.2, 0) is 0 Å². The molecule has 0 aliphatic rings. The number of aromatic nitrogens is 3. The largest absolute Gasteiger partial charge is 0.342 e. The second kappa shape index (κ2) is 7.93. The van der Waals surface area contributed by atoms with Crippen molar-refractivity contribution in [3.05, 3.63) is 77.6 Å². The summed E-state index contributed by atoms with van der Waals surface area (Å²) < 4.78 is 0. The van der Waals surface area contributed by atoms with Crippen LogP contribution in [0.3, 0.4) is 0 Å². The number of rotatable bonds is 6. The van der Waals surface area contributed by atoms with Crippen LogP contribution in [0.2, 0.25) is 0 Å². The second-order valence-corrected chi connectivity index (χ2v) is 6.46. The van der Waals surface area contributed by atoms with Gasteiger partial charge in [0.25, 0.3) is 5.91 Å². The van der Waals surface area contributed by atoms with Crippen LogP contribution in [0, 0.1) is 6.92 Å². The molecule has 1 heterocycles. The fourth-order valence-corrected chi connectivity index (χ4v) is 2.78. The van der Waals surface area contributed by atoms with E-state index in [1.807, 2.05) is 79.7 Å². The number of nitrogens with zero attached hydrogens (tertiary/aromatic N) is 4. The van der Waals surface area contributed by atoms with Gasteiger partial charge in [-0.25, -0.2) is 0 Å². The van der Waals surface area contributed by atoms with Crippen LogP contribution in [0.1, 0.15) is 27.8 Å². The fraction of sp³-hybridized carbons (Fsp3) is 0.250. The van der Waals surface area contributed by atoms with Crippen LogP contribution in [0.4, 0.5) is 0 Å². The molecule has 1 atom stereocenters. The normalized spacial score (nSPS) is 12.2. The van der Waals surface area contributed by atoms with Crippen molar-refractivity contribution < 1.29 is 4.79 Å². The van der Waals surface area contributed by atoms with Gasteiger partial charge in [-0.1, -0.05) is 48.5 Å². The van der Waals surface area contributed by atoms with Gasteiger partial charge < -0.3 is 10.2 Å². The molecule has 0 saturated carbocycles. The van der Waals surface area contributed by atoms with Crippen molar-refractivity contribution in [3.63, 3.8) is 0 Å². The summed E-state index contributed by atoms with van der Waals surface area (Å²) >= 11 is 0. The summed E-state index contributed by atoms with van der Waals surface area (Å²) in [5.74, 6) is -0.222. The number of benzene rings is 2. The summed E-state index contributed by atoms with van der Waals surface area (Å²) in [7, 11) is 3.97. The van der Waals surface area contributed by atoms with E-state index in [0.29, 0.717) is 17.9 Å². The Morgan fingerprint density at radius 3 is 2.27 bits per heavy atom. The van der Waals surface area contributed by atoms with Crippen molar-refractivity contribution in [2.45, 2.75) is 13.0 Å². The Kier molecular flexibility index (Phi) is 5.43. The zero-order chi connectivity index (χ0) is 18.5. The van der Waals surface area contributed by atoms with E-state index in [0.717, 1.165) is 11.3 Å². The van der Waals surface area contributed by atoms with E-state index in [2.05, 4.69) is 15.5 Å². The molecule has 2 aromatic carbocycles. The smallest absolute Gasteiger partial charge is 0.274 e. The Morgan fingerprint density at radius 1 is 1.04 bits per heavy atom. The first-order valence-corrected chi connectivity index (χ1v) is 8.54. The van der Waals surface area contributed by atoms with Crippen molar-refractivity contribution in [2.75, 3.05) is 20.6 Å². The van der Waals surface area contributed by atoms with Crippen LogP contribution in [0.25, 0.3) is 5.69 Å². The quantitative estimate of drug-likeness (QED) is 0.743. The predicted molar refractivity (Wildman–Crippen MR) is 101 cm³/mol. The van der Waals surface area contributed by atoms with Crippen molar-refractivity contribution in [3.8, 4) is 5.69 Å². The highest BCUT2D eigenvalue weighted by Crippen LogP contribution is 2.15. The molecule has 1 aromatic heterocycles. The fourth-order valence-electron chi connectivity index (χ4n) is 2.78. The van der Waals surface area contributed by atoms with Gasteiger partial charge in [0, 0.05) is 6.54 Å². The summed E-state index contributed by atoms with van der Waals surface area (Å²) in [6.45, 7) is 2.49. The van der Waals surface area contributed by atoms with Crippen LogP contribution >= 0.6 is 0 Å².